The monoisotopic (exact) mass is 449 g/mol. The predicted octanol–water partition coefficient (Wildman–Crippen LogP) is 5.25. The molecule has 1 unspecified atom stereocenters. The van der Waals surface area contributed by atoms with Crippen molar-refractivity contribution >= 4 is 21.6 Å². The quantitative estimate of drug-likeness (QED) is 0.398. The highest BCUT2D eigenvalue weighted by Crippen LogP contribution is 2.32. The third kappa shape index (κ3) is 4.54. The number of ether oxygens (including phenoxy) is 2. The molecule has 6 nitrogen and oxygen atoms in total. The van der Waals surface area contributed by atoms with Gasteiger partial charge in [-0.3, -0.25) is 9.69 Å². The summed E-state index contributed by atoms with van der Waals surface area (Å²) in [6.07, 6.45) is 0. The second-order valence-electron chi connectivity index (χ2n) is 7.58. The fraction of sp³-hybridized carbons (Fsp3) is 0.280. The van der Waals surface area contributed by atoms with Crippen molar-refractivity contribution in [2.45, 2.75) is 26.4 Å². The zero-order valence-electron chi connectivity index (χ0n) is 18.7. The summed E-state index contributed by atoms with van der Waals surface area (Å²) >= 11 is 1.46. The number of thiophene rings is 1. The van der Waals surface area contributed by atoms with Gasteiger partial charge in [-0.25, -0.2) is 4.98 Å². The van der Waals surface area contributed by atoms with Crippen molar-refractivity contribution in [3.63, 3.8) is 0 Å². The van der Waals surface area contributed by atoms with E-state index in [4.69, 9.17) is 14.5 Å². The number of aromatic nitrogens is 2. The summed E-state index contributed by atoms with van der Waals surface area (Å²) in [5.74, 6) is 2.30. The van der Waals surface area contributed by atoms with Crippen LogP contribution in [0.25, 0.3) is 20.7 Å². The van der Waals surface area contributed by atoms with E-state index in [0.29, 0.717) is 17.1 Å². The Labute approximate surface area is 191 Å². The lowest BCUT2D eigenvalue weighted by atomic mass is 10.1. The number of nitrogens with zero attached hydrogens (tertiary/aromatic N) is 2. The molecule has 0 aliphatic heterocycles. The Bertz CT molecular complexity index is 1260. The molecule has 32 heavy (non-hydrogen) atoms. The molecular formula is C25H27N3O3S. The first-order chi connectivity index (χ1) is 15.5. The molecule has 1 atom stereocenters. The van der Waals surface area contributed by atoms with Gasteiger partial charge in [-0.15, -0.1) is 11.3 Å². The molecule has 2 heterocycles. The van der Waals surface area contributed by atoms with Crippen molar-refractivity contribution in [3.8, 4) is 21.9 Å². The summed E-state index contributed by atoms with van der Waals surface area (Å²) in [6, 6.07) is 18.0. The van der Waals surface area contributed by atoms with Crippen molar-refractivity contribution in [2.75, 3.05) is 20.8 Å². The molecular weight excluding hydrogens is 422 g/mol. The van der Waals surface area contributed by atoms with Gasteiger partial charge in [-0.05, 0) is 67.1 Å². The molecule has 0 saturated heterocycles. The summed E-state index contributed by atoms with van der Waals surface area (Å²) in [5, 5.41) is 0. The number of methoxy groups -OCH3 is 2. The summed E-state index contributed by atoms with van der Waals surface area (Å²) in [5.41, 5.74) is 2.83. The number of hydrogen-bond donors (Lipinski definition) is 1. The minimum Gasteiger partial charge on any atom is -0.497 e. The molecule has 2 aromatic heterocycles. The van der Waals surface area contributed by atoms with Crippen LogP contribution in [0.4, 0.5) is 0 Å². The fourth-order valence-electron chi connectivity index (χ4n) is 3.79. The van der Waals surface area contributed by atoms with Gasteiger partial charge in [-0.1, -0.05) is 19.1 Å². The largest absolute Gasteiger partial charge is 0.497 e. The van der Waals surface area contributed by atoms with E-state index in [1.165, 1.54) is 11.3 Å². The highest BCUT2D eigenvalue weighted by Gasteiger charge is 2.18. The van der Waals surface area contributed by atoms with E-state index in [2.05, 4.69) is 29.8 Å². The maximum Gasteiger partial charge on any atom is 0.268 e. The summed E-state index contributed by atoms with van der Waals surface area (Å²) in [7, 11) is 3.32. The SMILES string of the molecule is CCN(Cc1nc2cc(-c3ccc(OC)cc3)sc2c(=O)[nH]1)C(C)c1cccc(OC)c1. The summed E-state index contributed by atoms with van der Waals surface area (Å²) in [4.78, 5) is 23.8. The normalized spacial score (nSPS) is 12.3. The van der Waals surface area contributed by atoms with Crippen LogP contribution in [0.5, 0.6) is 11.5 Å². The molecule has 4 rings (SSSR count). The molecule has 166 valence electrons. The molecule has 0 fully saturated rings. The van der Waals surface area contributed by atoms with Crippen LogP contribution in [0.15, 0.2) is 59.4 Å². The van der Waals surface area contributed by atoms with Gasteiger partial charge in [0.1, 0.15) is 22.0 Å². The Morgan fingerprint density at radius 2 is 1.81 bits per heavy atom. The highest BCUT2D eigenvalue weighted by atomic mass is 32.1. The molecule has 7 heteroatoms. The van der Waals surface area contributed by atoms with Crippen LogP contribution >= 0.6 is 11.3 Å². The third-order valence-electron chi connectivity index (χ3n) is 5.69. The summed E-state index contributed by atoms with van der Waals surface area (Å²) in [6.45, 7) is 5.63. The molecule has 0 spiro atoms. The van der Waals surface area contributed by atoms with Gasteiger partial charge in [0.25, 0.3) is 5.56 Å². The predicted molar refractivity (Wildman–Crippen MR) is 130 cm³/mol. The lowest BCUT2D eigenvalue weighted by Gasteiger charge is -2.27. The zero-order valence-corrected chi connectivity index (χ0v) is 19.5. The van der Waals surface area contributed by atoms with Gasteiger partial charge < -0.3 is 14.5 Å². The highest BCUT2D eigenvalue weighted by molar-refractivity contribution is 7.22. The minimum atomic E-state index is -0.0974. The van der Waals surface area contributed by atoms with Gasteiger partial charge in [0, 0.05) is 10.9 Å². The second kappa shape index (κ2) is 9.54. The van der Waals surface area contributed by atoms with E-state index >= 15 is 0 Å². The third-order valence-corrected chi connectivity index (χ3v) is 6.86. The smallest absolute Gasteiger partial charge is 0.268 e. The Hall–Kier alpha value is -3.16. The zero-order chi connectivity index (χ0) is 22.7. The van der Waals surface area contributed by atoms with Crippen molar-refractivity contribution in [2.24, 2.45) is 0 Å². The van der Waals surface area contributed by atoms with Crippen LogP contribution in [0.3, 0.4) is 0 Å². The molecule has 1 N–H and O–H groups in total. The Morgan fingerprint density at radius 3 is 2.50 bits per heavy atom. The molecule has 2 aromatic carbocycles. The molecule has 0 amide bonds. The Morgan fingerprint density at radius 1 is 1.06 bits per heavy atom. The average molecular weight is 450 g/mol. The number of H-pyrrole nitrogens is 1. The fourth-order valence-corrected chi connectivity index (χ4v) is 4.79. The van der Waals surface area contributed by atoms with E-state index in [1.54, 1.807) is 14.2 Å². The van der Waals surface area contributed by atoms with Crippen molar-refractivity contribution in [3.05, 3.63) is 76.3 Å². The van der Waals surface area contributed by atoms with Gasteiger partial charge in [0.15, 0.2) is 0 Å². The summed E-state index contributed by atoms with van der Waals surface area (Å²) < 4.78 is 11.2. The van der Waals surface area contributed by atoms with Crippen LogP contribution in [-0.4, -0.2) is 35.6 Å². The topological polar surface area (TPSA) is 67.5 Å². The van der Waals surface area contributed by atoms with Crippen LogP contribution in [0.1, 0.15) is 31.3 Å². The minimum absolute atomic E-state index is 0.0974. The van der Waals surface area contributed by atoms with Crippen LogP contribution < -0.4 is 15.0 Å². The maximum absolute atomic E-state index is 12.8. The number of aromatic amines is 1. The molecule has 0 saturated carbocycles. The van der Waals surface area contributed by atoms with E-state index in [-0.39, 0.29) is 11.6 Å². The first kappa shape index (κ1) is 22.0. The number of hydrogen-bond acceptors (Lipinski definition) is 6. The van der Waals surface area contributed by atoms with Crippen LogP contribution in [0, 0.1) is 0 Å². The van der Waals surface area contributed by atoms with E-state index in [1.807, 2.05) is 48.5 Å². The number of nitrogens with one attached hydrogen (secondary N) is 1. The maximum atomic E-state index is 12.8. The molecule has 0 aliphatic rings. The number of benzene rings is 2. The van der Waals surface area contributed by atoms with Gasteiger partial charge in [-0.2, -0.15) is 0 Å². The lowest BCUT2D eigenvalue weighted by Crippen LogP contribution is -2.28. The van der Waals surface area contributed by atoms with Gasteiger partial charge in [0.2, 0.25) is 0 Å². The Balaban J connectivity index is 1.61. The first-order valence-corrected chi connectivity index (χ1v) is 11.4. The van der Waals surface area contributed by atoms with Crippen molar-refractivity contribution < 1.29 is 9.47 Å². The second-order valence-corrected chi connectivity index (χ2v) is 8.63. The molecule has 4 aromatic rings. The first-order valence-electron chi connectivity index (χ1n) is 10.6. The molecule has 0 radical (unpaired) electrons. The van der Waals surface area contributed by atoms with Gasteiger partial charge in [0.05, 0.1) is 26.3 Å². The van der Waals surface area contributed by atoms with Gasteiger partial charge >= 0.3 is 0 Å². The lowest BCUT2D eigenvalue weighted by molar-refractivity contribution is 0.207. The van der Waals surface area contributed by atoms with E-state index in [9.17, 15) is 4.79 Å². The van der Waals surface area contributed by atoms with Crippen LogP contribution in [-0.2, 0) is 6.54 Å². The molecule has 0 bridgehead atoms. The number of rotatable bonds is 8. The van der Waals surface area contributed by atoms with Crippen LogP contribution in [0.2, 0.25) is 0 Å². The van der Waals surface area contributed by atoms with Crippen molar-refractivity contribution in [1.29, 1.82) is 0 Å². The standard InChI is InChI=1S/C25H27N3O3S/c1-5-28(16(2)18-7-6-8-20(13-18)31-4)15-23-26-21-14-22(32-24(21)25(29)27-23)17-9-11-19(30-3)12-10-17/h6-14,16H,5,15H2,1-4H3,(H,26,27,29). The number of fused-ring (bicyclic) bond motifs is 1. The van der Waals surface area contributed by atoms with E-state index in [0.717, 1.165) is 39.6 Å². The average Bonchev–Trinajstić information content (AvgIpc) is 3.27. The van der Waals surface area contributed by atoms with Crippen molar-refractivity contribution in [1.82, 2.24) is 14.9 Å². The Kier molecular flexibility index (Phi) is 6.58. The molecule has 0 aliphatic carbocycles. The van der Waals surface area contributed by atoms with E-state index < -0.39 is 0 Å².